The third kappa shape index (κ3) is 5.47. The Labute approximate surface area is 179 Å². The van der Waals surface area contributed by atoms with Gasteiger partial charge in [0.1, 0.15) is 11.4 Å². The van der Waals surface area contributed by atoms with Crippen LogP contribution in [0.4, 0.5) is 5.82 Å². The van der Waals surface area contributed by atoms with Gasteiger partial charge in [-0.25, -0.2) is 9.67 Å². The minimum absolute atomic E-state index is 0.174. The van der Waals surface area contributed by atoms with E-state index in [1.54, 1.807) is 11.8 Å². The summed E-state index contributed by atoms with van der Waals surface area (Å²) in [6, 6.07) is 7.76. The standard InChI is InChI=1S/C19H25ClN8O2/c1-3-9-21-17-16(23-19(20)24-17)18(29)22-10-6-11-28-15(25-26-27-28)12-13-7-4-5-8-14(13)30-2/h4-5,7-8,21H,3,6,9-12H2,1-2H3,(H,22,29)(H,23,24). The topological polar surface area (TPSA) is 123 Å². The number of para-hydroxylation sites is 1. The summed E-state index contributed by atoms with van der Waals surface area (Å²) in [5.41, 5.74) is 1.33. The molecule has 0 radical (unpaired) electrons. The maximum Gasteiger partial charge on any atom is 0.271 e. The van der Waals surface area contributed by atoms with Gasteiger partial charge in [-0.3, -0.25) is 4.79 Å². The van der Waals surface area contributed by atoms with Crippen molar-refractivity contribution in [3.8, 4) is 5.75 Å². The van der Waals surface area contributed by atoms with Crippen molar-refractivity contribution in [1.29, 1.82) is 0 Å². The maximum atomic E-state index is 12.4. The Morgan fingerprint density at radius 2 is 2.13 bits per heavy atom. The van der Waals surface area contributed by atoms with E-state index in [9.17, 15) is 4.79 Å². The fourth-order valence-electron chi connectivity index (χ4n) is 2.94. The predicted molar refractivity (Wildman–Crippen MR) is 113 cm³/mol. The lowest BCUT2D eigenvalue weighted by Crippen LogP contribution is -2.26. The number of nitrogens with zero attached hydrogens (tertiary/aromatic N) is 5. The number of halogens is 1. The summed E-state index contributed by atoms with van der Waals surface area (Å²) in [7, 11) is 1.64. The number of imidazole rings is 1. The van der Waals surface area contributed by atoms with Crippen molar-refractivity contribution in [2.45, 2.75) is 32.7 Å². The zero-order valence-corrected chi connectivity index (χ0v) is 17.7. The first kappa shape index (κ1) is 21.6. The lowest BCUT2D eigenvalue weighted by molar-refractivity contribution is 0.0949. The number of carbonyl (C=O) groups is 1. The largest absolute Gasteiger partial charge is 0.496 e. The SMILES string of the molecule is CCCNc1nc(Cl)[nH]c1C(=O)NCCCn1nnnc1Cc1ccccc1OC. The van der Waals surface area contributed by atoms with Crippen molar-refractivity contribution >= 4 is 23.3 Å². The highest BCUT2D eigenvalue weighted by Gasteiger charge is 2.16. The molecule has 0 saturated heterocycles. The second kappa shape index (κ2) is 10.6. The number of carbonyl (C=O) groups excluding carboxylic acids is 1. The summed E-state index contributed by atoms with van der Waals surface area (Å²) < 4.78 is 7.12. The van der Waals surface area contributed by atoms with Crippen LogP contribution in [0.25, 0.3) is 0 Å². The van der Waals surface area contributed by atoms with Gasteiger partial charge < -0.3 is 20.4 Å². The number of methoxy groups -OCH3 is 1. The van der Waals surface area contributed by atoms with Gasteiger partial charge in [-0.15, -0.1) is 5.10 Å². The Balaban J connectivity index is 1.52. The Bertz CT molecular complexity index is 971. The summed E-state index contributed by atoms with van der Waals surface area (Å²) in [6.45, 7) is 3.76. The van der Waals surface area contributed by atoms with E-state index in [1.807, 2.05) is 31.2 Å². The lowest BCUT2D eigenvalue weighted by atomic mass is 10.1. The highest BCUT2D eigenvalue weighted by atomic mass is 35.5. The molecule has 0 bridgehead atoms. The van der Waals surface area contributed by atoms with Crippen LogP contribution in [-0.4, -0.2) is 56.3 Å². The molecule has 0 saturated carbocycles. The quantitative estimate of drug-likeness (QED) is 0.397. The molecule has 30 heavy (non-hydrogen) atoms. The number of aromatic nitrogens is 6. The van der Waals surface area contributed by atoms with E-state index in [4.69, 9.17) is 16.3 Å². The van der Waals surface area contributed by atoms with E-state index in [-0.39, 0.29) is 11.2 Å². The first-order chi connectivity index (χ1) is 14.6. The first-order valence-corrected chi connectivity index (χ1v) is 10.1. The zero-order chi connectivity index (χ0) is 21.3. The van der Waals surface area contributed by atoms with Gasteiger partial charge in [0.2, 0.25) is 5.28 Å². The van der Waals surface area contributed by atoms with Crippen molar-refractivity contribution < 1.29 is 9.53 Å². The van der Waals surface area contributed by atoms with E-state index < -0.39 is 0 Å². The summed E-state index contributed by atoms with van der Waals surface area (Å²) in [6.07, 6.45) is 2.13. The van der Waals surface area contributed by atoms with Crippen LogP contribution in [0.5, 0.6) is 5.75 Å². The van der Waals surface area contributed by atoms with E-state index >= 15 is 0 Å². The number of nitrogens with one attached hydrogen (secondary N) is 3. The molecule has 2 aromatic heterocycles. The van der Waals surface area contributed by atoms with E-state index in [0.29, 0.717) is 44.0 Å². The molecule has 3 N–H and O–H groups in total. The van der Waals surface area contributed by atoms with Crippen LogP contribution >= 0.6 is 11.6 Å². The number of H-pyrrole nitrogens is 1. The number of hydrogen-bond donors (Lipinski definition) is 3. The number of tetrazole rings is 1. The van der Waals surface area contributed by atoms with Gasteiger partial charge >= 0.3 is 0 Å². The second-order valence-corrected chi connectivity index (χ2v) is 6.95. The van der Waals surface area contributed by atoms with Gasteiger partial charge in [0, 0.05) is 31.6 Å². The Kier molecular flexibility index (Phi) is 7.61. The predicted octanol–water partition coefficient (Wildman–Crippen LogP) is 2.29. The average Bonchev–Trinajstić information content (AvgIpc) is 3.35. The average molecular weight is 433 g/mol. The number of benzene rings is 1. The van der Waals surface area contributed by atoms with Crippen LogP contribution in [0, 0.1) is 0 Å². The molecule has 2 heterocycles. The molecule has 11 heteroatoms. The zero-order valence-electron chi connectivity index (χ0n) is 17.0. The van der Waals surface area contributed by atoms with Crippen LogP contribution in [0.3, 0.4) is 0 Å². The monoisotopic (exact) mass is 432 g/mol. The molecule has 0 aliphatic carbocycles. The van der Waals surface area contributed by atoms with Crippen molar-refractivity contribution in [1.82, 2.24) is 35.5 Å². The molecule has 160 valence electrons. The number of rotatable bonds is 11. The number of ether oxygens (including phenoxy) is 1. The smallest absolute Gasteiger partial charge is 0.271 e. The number of aryl methyl sites for hydroxylation is 1. The molecule has 3 aromatic rings. The fraction of sp³-hybridized carbons (Fsp3) is 0.421. The van der Waals surface area contributed by atoms with Crippen LogP contribution in [0.15, 0.2) is 24.3 Å². The normalized spacial score (nSPS) is 10.8. The molecule has 0 aliphatic heterocycles. The van der Waals surface area contributed by atoms with E-state index in [2.05, 4.69) is 36.1 Å². The summed E-state index contributed by atoms with van der Waals surface area (Å²) in [4.78, 5) is 19.3. The first-order valence-electron chi connectivity index (χ1n) is 9.76. The second-order valence-electron chi connectivity index (χ2n) is 6.59. The highest BCUT2D eigenvalue weighted by molar-refractivity contribution is 6.28. The minimum atomic E-state index is -0.265. The highest BCUT2D eigenvalue weighted by Crippen LogP contribution is 2.20. The molecule has 0 unspecified atom stereocenters. The summed E-state index contributed by atoms with van der Waals surface area (Å²) in [5, 5.41) is 18.1. The van der Waals surface area contributed by atoms with Crippen LogP contribution in [0.2, 0.25) is 5.28 Å². The van der Waals surface area contributed by atoms with Crippen molar-refractivity contribution in [2.24, 2.45) is 0 Å². The third-order valence-electron chi connectivity index (χ3n) is 4.42. The number of hydrogen-bond acceptors (Lipinski definition) is 7. The molecule has 1 amide bonds. The minimum Gasteiger partial charge on any atom is -0.496 e. The molecule has 0 atom stereocenters. The molecule has 0 spiro atoms. The van der Waals surface area contributed by atoms with Crippen LogP contribution < -0.4 is 15.4 Å². The van der Waals surface area contributed by atoms with Crippen LogP contribution in [-0.2, 0) is 13.0 Å². The molecular weight excluding hydrogens is 408 g/mol. The number of aromatic amines is 1. The maximum absolute atomic E-state index is 12.4. The third-order valence-corrected chi connectivity index (χ3v) is 4.60. The molecule has 1 aromatic carbocycles. The van der Waals surface area contributed by atoms with Crippen molar-refractivity contribution in [3.63, 3.8) is 0 Å². The lowest BCUT2D eigenvalue weighted by Gasteiger charge is -2.09. The molecule has 10 nitrogen and oxygen atoms in total. The molecule has 3 rings (SSSR count). The number of anilines is 1. The summed E-state index contributed by atoms with van der Waals surface area (Å²) in [5.74, 6) is 1.72. The summed E-state index contributed by atoms with van der Waals surface area (Å²) >= 11 is 5.90. The number of amides is 1. The molecule has 0 fully saturated rings. The Morgan fingerprint density at radius 1 is 1.30 bits per heavy atom. The van der Waals surface area contributed by atoms with Gasteiger partial charge in [-0.05, 0) is 40.9 Å². The fourth-order valence-corrected chi connectivity index (χ4v) is 3.12. The Morgan fingerprint density at radius 3 is 2.93 bits per heavy atom. The Hall–Kier alpha value is -3.14. The van der Waals surface area contributed by atoms with E-state index in [0.717, 1.165) is 23.6 Å². The van der Waals surface area contributed by atoms with E-state index in [1.165, 1.54) is 0 Å². The van der Waals surface area contributed by atoms with Gasteiger partial charge in [0.15, 0.2) is 11.6 Å². The van der Waals surface area contributed by atoms with Crippen molar-refractivity contribution in [2.75, 3.05) is 25.5 Å². The molecule has 0 aliphatic rings. The molecular formula is C19H25ClN8O2. The van der Waals surface area contributed by atoms with Gasteiger partial charge in [-0.1, -0.05) is 25.1 Å². The van der Waals surface area contributed by atoms with Crippen LogP contribution in [0.1, 0.15) is 41.6 Å². The van der Waals surface area contributed by atoms with Gasteiger partial charge in [0.25, 0.3) is 5.91 Å². The van der Waals surface area contributed by atoms with Crippen molar-refractivity contribution in [3.05, 3.63) is 46.6 Å². The van der Waals surface area contributed by atoms with Gasteiger partial charge in [-0.2, -0.15) is 0 Å². The van der Waals surface area contributed by atoms with Gasteiger partial charge in [0.05, 0.1) is 7.11 Å².